The van der Waals surface area contributed by atoms with E-state index in [9.17, 15) is 9.59 Å². The van der Waals surface area contributed by atoms with E-state index < -0.39 is 11.5 Å². The number of rotatable bonds is 4. The first-order valence-corrected chi connectivity index (χ1v) is 7.94. The first-order valence-electron chi connectivity index (χ1n) is 7.94. The van der Waals surface area contributed by atoms with Gasteiger partial charge in [-0.1, -0.05) is 19.9 Å². The van der Waals surface area contributed by atoms with Gasteiger partial charge in [0.05, 0.1) is 12.7 Å². The van der Waals surface area contributed by atoms with Crippen LogP contribution in [0.2, 0.25) is 0 Å². The highest BCUT2D eigenvalue weighted by Gasteiger charge is 2.41. The normalized spacial score (nSPS) is 20.4. The van der Waals surface area contributed by atoms with Crippen LogP contribution in [0.25, 0.3) is 10.9 Å². The van der Waals surface area contributed by atoms with Gasteiger partial charge in [-0.2, -0.15) is 0 Å². The van der Waals surface area contributed by atoms with Crippen LogP contribution in [0, 0.1) is 5.92 Å². The SMILES string of the molecule is COC(=O)c1c(CC2=NC(C)(C(C)C)C(=O)N2)ccc2[nH]ccc12. The van der Waals surface area contributed by atoms with Gasteiger partial charge in [-0.25, -0.2) is 4.79 Å². The van der Waals surface area contributed by atoms with Gasteiger partial charge >= 0.3 is 5.97 Å². The van der Waals surface area contributed by atoms with Gasteiger partial charge in [0.2, 0.25) is 0 Å². The Morgan fingerprint density at radius 1 is 1.33 bits per heavy atom. The molecule has 0 fully saturated rings. The zero-order valence-electron chi connectivity index (χ0n) is 14.3. The summed E-state index contributed by atoms with van der Waals surface area (Å²) in [5.41, 5.74) is 1.38. The third kappa shape index (κ3) is 2.48. The Kier molecular flexibility index (Phi) is 3.91. The maximum Gasteiger partial charge on any atom is 0.338 e. The highest BCUT2D eigenvalue weighted by atomic mass is 16.5. The number of esters is 1. The van der Waals surface area contributed by atoms with Crippen molar-refractivity contribution in [1.82, 2.24) is 10.3 Å². The molecule has 0 saturated carbocycles. The van der Waals surface area contributed by atoms with Crippen molar-refractivity contribution in [3.63, 3.8) is 0 Å². The molecule has 1 aromatic heterocycles. The highest BCUT2D eigenvalue weighted by Crippen LogP contribution is 2.28. The number of carbonyl (C=O) groups is 2. The third-order valence-electron chi connectivity index (χ3n) is 4.78. The lowest BCUT2D eigenvalue weighted by molar-refractivity contribution is -0.124. The number of carbonyl (C=O) groups excluding carboxylic acids is 2. The van der Waals surface area contributed by atoms with Crippen LogP contribution in [0.1, 0.15) is 36.7 Å². The Bertz CT molecular complexity index is 850. The number of amides is 1. The molecule has 1 amide bonds. The molecule has 2 N–H and O–H groups in total. The summed E-state index contributed by atoms with van der Waals surface area (Å²) in [6.45, 7) is 5.77. The van der Waals surface area contributed by atoms with Crippen molar-refractivity contribution in [3.8, 4) is 0 Å². The minimum atomic E-state index is -0.765. The number of nitrogens with zero attached hydrogens (tertiary/aromatic N) is 1. The second-order valence-corrected chi connectivity index (χ2v) is 6.52. The Morgan fingerprint density at radius 2 is 2.08 bits per heavy atom. The zero-order chi connectivity index (χ0) is 17.5. The molecule has 1 atom stereocenters. The molecule has 1 aromatic carbocycles. The number of aromatic nitrogens is 1. The number of methoxy groups -OCH3 is 1. The zero-order valence-corrected chi connectivity index (χ0v) is 14.3. The summed E-state index contributed by atoms with van der Waals surface area (Å²) < 4.78 is 4.94. The average Bonchev–Trinajstić information content (AvgIpc) is 3.12. The Labute approximate surface area is 140 Å². The smallest absolute Gasteiger partial charge is 0.338 e. The molecule has 126 valence electrons. The Morgan fingerprint density at radius 3 is 2.71 bits per heavy atom. The maximum atomic E-state index is 12.3. The summed E-state index contributed by atoms with van der Waals surface area (Å²) in [5.74, 6) is 0.167. The van der Waals surface area contributed by atoms with Gasteiger partial charge in [-0.05, 0) is 30.5 Å². The molecule has 1 aliphatic rings. The van der Waals surface area contributed by atoms with E-state index in [1.54, 1.807) is 6.20 Å². The first-order chi connectivity index (χ1) is 11.4. The molecular formula is C18H21N3O3. The summed E-state index contributed by atoms with van der Waals surface area (Å²) in [6.07, 6.45) is 2.16. The summed E-state index contributed by atoms with van der Waals surface area (Å²) in [7, 11) is 1.36. The van der Waals surface area contributed by atoms with E-state index in [0.717, 1.165) is 16.5 Å². The molecule has 0 spiro atoms. The van der Waals surface area contributed by atoms with E-state index in [1.165, 1.54) is 7.11 Å². The molecular weight excluding hydrogens is 306 g/mol. The van der Waals surface area contributed by atoms with Crippen LogP contribution in [0.3, 0.4) is 0 Å². The Balaban J connectivity index is 2.02. The molecule has 2 heterocycles. The maximum absolute atomic E-state index is 12.3. The minimum absolute atomic E-state index is 0.0854. The second-order valence-electron chi connectivity index (χ2n) is 6.52. The van der Waals surface area contributed by atoms with E-state index in [1.807, 2.05) is 39.0 Å². The van der Waals surface area contributed by atoms with Gasteiger partial charge in [0, 0.05) is 23.5 Å². The van der Waals surface area contributed by atoms with E-state index in [-0.39, 0.29) is 11.8 Å². The lowest BCUT2D eigenvalue weighted by Gasteiger charge is -2.21. The standard InChI is InChI=1S/C18H21N3O3/c1-10(2)18(3)17(23)20-14(21-18)9-11-5-6-13-12(7-8-19-13)15(11)16(22)24-4/h5-8,10,19H,9H2,1-4H3,(H,20,21,23). The number of benzene rings is 1. The van der Waals surface area contributed by atoms with E-state index >= 15 is 0 Å². The van der Waals surface area contributed by atoms with Crippen LogP contribution >= 0.6 is 0 Å². The lowest BCUT2D eigenvalue weighted by Crippen LogP contribution is -2.41. The van der Waals surface area contributed by atoms with E-state index in [0.29, 0.717) is 17.8 Å². The molecule has 6 nitrogen and oxygen atoms in total. The number of ether oxygens (including phenoxy) is 1. The van der Waals surface area contributed by atoms with Crippen LogP contribution in [0.15, 0.2) is 29.4 Å². The van der Waals surface area contributed by atoms with Crippen LogP contribution in [0.5, 0.6) is 0 Å². The number of hydrogen-bond acceptors (Lipinski definition) is 4. The molecule has 0 bridgehead atoms. The average molecular weight is 327 g/mol. The van der Waals surface area contributed by atoms with Crippen molar-refractivity contribution in [1.29, 1.82) is 0 Å². The van der Waals surface area contributed by atoms with Crippen LogP contribution in [-0.2, 0) is 16.0 Å². The van der Waals surface area contributed by atoms with E-state index in [2.05, 4.69) is 15.3 Å². The molecule has 1 unspecified atom stereocenters. The van der Waals surface area contributed by atoms with Gasteiger partial charge in [0.1, 0.15) is 11.4 Å². The van der Waals surface area contributed by atoms with Gasteiger partial charge in [-0.15, -0.1) is 0 Å². The largest absolute Gasteiger partial charge is 0.465 e. The number of aliphatic imine (C=N–C) groups is 1. The number of nitrogens with one attached hydrogen (secondary N) is 2. The van der Waals surface area contributed by atoms with Crippen molar-refractivity contribution in [3.05, 3.63) is 35.5 Å². The van der Waals surface area contributed by atoms with Gasteiger partial charge in [0.25, 0.3) is 5.91 Å². The topological polar surface area (TPSA) is 83.5 Å². The van der Waals surface area contributed by atoms with Crippen molar-refractivity contribution in [2.24, 2.45) is 10.9 Å². The fraction of sp³-hybridized carbons (Fsp3) is 0.389. The first kappa shape index (κ1) is 16.2. The predicted octanol–water partition coefficient (Wildman–Crippen LogP) is 2.44. The fourth-order valence-electron chi connectivity index (χ4n) is 2.94. The molecule has 24 heavy (non-hydrogen) atoms. The molecule has 2 aromatic rings. The molecule has 0 aliphatic carbocycles. The van der Waals surface area contributed by atoms with Gasteiger partial charge in [-0.3, -0.25) is 9.79 Å². The van der Waals surface area contributed by atoms with E-state index in [4.69, 9.17) is 4.74 Å². The number of aromatic amines is 1. The van der Waals surface area contributed by atoms with Crippen molar-refractivity contribution in [2.45, 2.75) is 32.7 Å². The molecule has 1 aliphatic heterocycles. The molecule has 0 saturated heterocycles. The lowest BCUT2D eigenvalue weighted by atomic mass is 9.89. The summed E-state index contributed by atoms with van der Waals surface area (Å²) >= 11 is 0. The molecule has 3 rings (SSSR count). The van der Waals surface area contributed by atoms with Crippen molar-refractivity contribution >= 4 is 28.6 Å². The summed E-state index contributed by atoms with van der Waals surface area (Å²) in [4.78, 5) is 32.2. The number of hydrogen-bond donors (Lipinski definition) is 2. The van der Waals surface area contributed by atoms with Gasteiger partial charge in [0.15, 0.2) is 0 Å². The van der Waals surface area contributed by atoms with Gasteiger partial charge < -0.3 is 15.0 Å². The summed E-state index contributed by atoms with van der Waals surface area (Å²) in [5, 5.41) is 3.65. The number of H-pyrrole nitrogens is 1. The summed E-state index contributed by atoms with van der Waals surface area (Å²) in [6, 6.07) is 5.62. The molecule has 6 heteroatoms. The second kappa shape index (κ2) is 5.78. The third-order valence-corrected chi connectivity index (χ3v) is 4.78. The quantitative estimate of drug-likeness (QED) is 0.846. The fourth-order valence-corrected chi connectivity index (χ4v) is 2.94. The number of amidine groups is 1. The van der Waals surface area contributed by atoms with Crippen LogP contribution in [0.4, 0.5) is 0 Å². The van der Waals surface area contributed by atoms with Crippen molar-refractivity contribution in [2.75, 3.05) is 7.11 Å². The Hall–Kier alpha value is -2.63. The highest BCUT2D eigenvalue weighted by molar-refractivity contribution is 6.11. The monoisotopic (exact) mass is 327 g/mol. The number of fused-ring (bicyclic) bond motifs is 1. The minimum Gasteiger partial charge on any atom is -0.465 e. The van der Waals surface area contributed by atoms with Crippen LogP contribution in [-0.4, -0.2) is 35.3 Å². The predicted molar refractivity (Wildman–Crippen MR) is 92.2 cm³/mol. The van der Waals surface area contributed by atoms with Crippen LogP contribution < -0.4 is 5.32 Å². The molecule has 0 radical (unpaired) electrons. The van der Waals surface area contributed by atoms with Crippen molar-refractivity contribution < 1.29 is 14.3 Å².